The van der Waals surface area contributed by atoms with E-state index in [1.807, 2.05) is 0 Å². The van der Waals surface area contributed by atoms with Crippen molar-refractivity contribution in [2.45, 2.75) is 278 Å². The molecule has 0 bridgehead atoms. The van der Waals surface area contributed by atoms with Gasteiger partial charge in [0.1, 0.15) is 98.7 Å². The zero-order valence-electron chi connectivity index (χ0n) is 45.8. The van der Waals surface area contributed by atoms with Crippen LogP contribution in [0.4, 0.5) is 0 Å². The van der Waals surface area contributed by atoms with Crippen LogP contribution in [-0.2, 0) is 38.0 Å². The highest BCUT2D eigenvalue weighted by atomic mass is 16.8. The first-order chi connectivity index (χ1) is 37.2. The molecule has 18 atom stereocenters. The van der Waals surface area contributed by atoms with Crippen LogP contribution >= 0.6 is 0 Å². The fraction of sp³-hybridized carbons (Fsp3) is 0.962. The number of carbonyl (C=O) groups is 2. The molecule has 0 spiro atoms. The van der Waals surface area contributed by atoms with Gasteiger partial charge >= 0.3 is 11.9 Å². The lowest BCUT2D eigenvalue weighted by atomic mass is 9.99. The number of carboxylic acid groups (broad SMARTS) is 2. The molecule has 4 aliphatic heterocycles. The highest BCUT2D eigenvalue weighted by molar-refractivity contribution is 5.66. The second-order valence-corrected chi connectivity index (χ2v) is 20.5. The first-order valence-electron chi connectivity index (χ1n) is 28.1. The van der Waals surface area contributed by atoms with Crippen LogP contribution in [0.15, 0.2) is 0 Å². The predicted octanol–water partition coefficient (Wildman–Crippen LogP) is -1.25. The highest BCUT2D eigenvalue weighted by Gasteiger charge is 2.60. The summed E-state index contributed by atoms with van der Waals surface area (Å²) in [6.45, 7) is -0.156. The molecule has 0 aromatic heterocycles. The van der Waals surface area contributed by atoms with E-state index in [0.29, 0.717) is 12.8 Å². The molecule has 4 rings (SSSR count). The monoisotopic (exact) mass is 1140 g/mol. The molecule has 4 aliphatic rings. The van der Waals surface area contributed by atoms with Crippen LogP contribution in [0.1, 0.15) is 168 Å². The topological polar surface area (TPSA) is 454 Å². The van der Waals surface area contributed by atoms with E-state index >= 15 is 0 Å². The van der Waals surface area contributed by atoms with E-state index in [0.717, 1.165) is 25.7 Å². The molecule has 4 fully saturated rings. The van der Waals surface area contributed by atoms with Gasteiger partial charge in [0.2, 0.25) is 11.6 Å². The van der Waals surface area contributed by atoms with Gasteiger partial charge in [-0.05, 0) is 12.8 Å². The van der Waals surface area contributed by atoms with E-state index in [4.69, 9.17) is 59.1 Å². The number of unbranched alkanes of at least 4 members (excludes halogenated alkanes) is 20. The largest absolute Gasteiger partial charge is 0.481 e. The van der Waals surface area contributed by atoms with Gasteiger partial charge in [-0.15, -0.1) is 0 Å². The van der Waals surface area contributed by atoms with Crippen LogP contribution in [0.5, 0.6) is 0 Å². The summed E-state index contributed by atoms with van der Waals surface area (Å²) in [6.07, 6.45) is 3.44. The Morgan fingerprint density at radius 1 is 0.359 bits per heavy atom. The van der Waals surface area contributed by atoms with Crippen molar-refractivity contribution in [2.24, 2.45) is 0 Å². The minimum absolute atomic E-state index is 0.343. The van der Waals surface area contributed by atoms with Crippen molar-refractivity contribution in [1.29, 1.82) is 0 Å². The molecule has 18 N–H and O–H groups in total. The maximum atomic E-state index is 10.3. The Balaban J connectivity index is 0.000000530. The number of carboxylic acids is 2. The highest BCUT2D eigenvalue weighted by Crippen LogP contribution is 2.37. The van der Waals surface area contributed by atoms with E-state index in [1.165, 1.54) is 116 Å². The number of hydrogen-bond donors (Lipinski definition) is 18. The fourth-order valence-corrected chi connectivity index (χ4v) is 9.14. The molecule has 0 aromatic carbocycles. The Bertz CT molecular complexity index is 1450. The summed E-state index contributed by atoms with van der Waals surface area (Å²) < 4.78 is 30.9. The summed E-state index contributed by atoms with van der Waals surface area (Å²) in [5, 5.41) is 170. The maximum absolute atomic E-state index is 10.3. The third-order valence-corrected chi connectivity index (χ3v) is 14.1. The molecule has 26 nitrogen and oxygen atoms in total. The lowest BCUT2D eigenvalue weighted by Crippen LogP contribution is -2.62. The standard InChI is InChI=1S/C16H32O2.2C12H22O11.C12H24O2/c1-2-3-4-5-6-7-8-9-10-11-12-13-14-15-16(17)18;2*13-1-4-6(16)8(18)9(19)11(21-4)23-12(3-15)10(20)7(17)5(2-14)22-12;1-2-3-4-5-6-7-8-9-10-11-12(13)14/h2-15H2,1H3,(H,17,18);2*4-11,13-20H,1-3H2;2-11H2,1H3,(H,13,14)/t;2*4-,5-,6-,7-,8+,9-,10+,11-,12+;/m.11./s1. The molecule has 464 valence electrons. The van der Waals surface area contributed by atoms with E-state index in [1.54, 1.807) is 0 Å². The van der Waals surface area contributed by atoms with E-state index < -0.39 is 161 Å². The number of aliphatic carboxylic acids is 2. The predicted molar refractivity (Wildman–Crippen MR) is 275 cm³/mol. The number of ether oxygens (including phenoxy) is 6. The molecule has 26 heteroatoms. The van der Waals surface area contributed by atoms with Crippen molar-refractivity contribution >= 4 is 11.9 Å². The van der Waals surface area contributed by atoms with Gasteiger partial charge in [0, 0.05) is 12.8 Å². The van der Waals surface area contributed by atoms with E-state index in [2.05, 4.69) is 13.8 Å². The third-order valence-electron chi connectivity index (χ3n) is 14.1. The first kappa shape index (κ1) is 74.1. The van der Waals surface area contributed by atoms with E-state index in [-0.39, 0.29) is 0 Å². The average Bonchev–Trinajstić information content (AvgIpc) is 3.82. The van der Waals surface area contributed by atoms with Crippen molar-refractivity contribution < 1.29 is 130 Å². The summed E-state index contributed by atoms with van der Waals surface area (Å²) in [5.41, 5.74) is 0. The summed E-state index contributed by atoms with van der Waals surface area (Å²) in [4.78, 5) is 20.5. The van der Waals surface area contributed by atoms with Crippen molar-refractivity contribution in [1.82, 2.24) is 0 Å². The second kappa shape index (κ2) is 41.1. The summed E-state index contributed by atoms with van der Waals surface area (Å²) in [6, 6.07) is 0. The SMILES string of the molecule is CCCCCCCCCCCC(=O)O.CCCCCCCCCCCCCCCC(=O)O.OC[C@H]1O[C@@](CO)(O[C@H]2O[C@H](CO)[C@@H](O)[C@H](O)[C@H]2O)[C@@H](O)[C@@H]1O.OC[C@H]1O[C@@](CO)(O[C@H]2O[C@H](CO)[C@@H](O)[C@H](O)[C@H]2O)[C@@H](O)[C@@H]1O. The quantitative estimate of drug-likeness (QED) is 0.0335. The van der Waals surface area contributed by atoms with E-state index in [9.17, 15) is 70.9 Å². The van der Waals surface area contributed by atoms with Gasteiger partial charge in [-0.1, -0.05) is 142 Å². The molecule has 4 heterocycles. The number of aliphatic hydroxyl groups excluding tert-OH is 16. The molecule has 78 heavy (non-hydrogen) atoms. The average molecular weight is 1140 g/mol. The van der Waals surface area contributed by atoms with Crippen LogP contribution in [-0.4, -0.2) is 253 Å². The molecule has 0 unspecified atom stereocenters. The van der Waals surface area contributed by atoms with Gasteiger partial charge in [-0.2, -0.15) is 0 Å². The summed E-state index contributed by atoms with van der Waals surface area (Å²) >= 11 is 0. The van der Waals surface area contributed by atoms with Crippen LogP contribution in [0, 0.1) is 0 Å². The first-order valence-corrected chi connectivity index (χ1v) is 28.1. The molecule has 0 aliphatic carbocycles. The van der Waals surface area contributed by atoms with Crippen LogP contribution in [0.25, 0.3) is 0 Å². The van der Waals surface area contributed by atoms with Gasteiger partial charge < -0.3 is 120 Å². The van der Waals surface area contributed by atoms with Crippen LogP contribution < -0.4 is 0 Å². The molecular formula is C52H100O26. The number of rotatable bonds is 34. The minimum Gasteiger partial charge on any atom is -0.481 e. The van der Waals surface area contributed by atoms with Crippen molar-refractivity contribution in [3.8, 4) is 0 Å². The fourth-order valence-electron chi connectivity index (χ4n) is 9.14. The van der Waals surface area contributed by atoms with Crippen molar-refractivity contribution in [3.63, 3.8) is 0 Å². The molecule has 0 radical (unpaired) electrons. The van der Waals surface area contributed by atoms with Gasteiger partial charge in [0.25, 0.3) is 0 Å². The molecule has 0 aromatic rings. The van der Waals surface area contributed by atoms with Gasteiger partial charge in [-0.25, -0.2) is 0 Å². The Morgan fingerprint density at radius 3 is 0.833 bits per heavy atom. The zero-order valence-corrected chi connectivity index (χ0v) is 45.8. The maximum Gasteiger partial charge on any atom is 0.303 e. The van der Waals surface area contributed by atoms with Gasteiger partial charge in [0.05, 0.1) is 26.4 Å². The molecule has 4 saturated heterocycles. The number of hydrogen-bond acceptors (Lipinski definition) is 24. The Morgan fingerprint density at radius 2 is 0.615 bits per heavy atom. The lowest BCUT2D eigenvalue weighted by Gasteiger charge is -2.43. The Labute approximate surface area is 458 Å². The smallest absolute Gasteiger partial charge is 0.303 e. The minimum atomic E-state index is -2.22. The molecular weight excluding hydrogens is 1040 g/mol. The van der Waals surface area contributed by atoms with Gasteiger partial charge in [-0.3, -0.25) is 9.59 Å². The molecule has 0 saturated carbocycles. The number of aliphatic hydroxyl groups is 16. The van der Waals surface area contributed by atoms with Crippen LogP contribution in [0.2, 0.25) is 0 Å². The second-order valence-electron chi connectivity index (χ2n) is 20.5. The lowest BCUT2D eigenvalue weighted by molar-refractivity contribution is -0.383. The molecule has 0 amide bonds. The van der Waals surface area contributed by atoms with Crippen molar-refractivity contribution in [3.05, 3.63) is 0 Å². The van der Waals surface area contributed by atoms with Crippen LogP contribution in [0.3, 0.4) is 0 Å². The third kappa shape index (κ3) is 24.9. The van der Waals surface area contributed by atoms with Crippen molar-refractivity contribution in [2.75, 3.05) is 39.6 Å². The Kier molecular flexibility index (Phi) is 39.1. The van der Waals surface area contributed by atoms with Gasteiger partial charge in [0.15, 0.2) is 12.6 Å². The Hall–Kier alpha value is -1.94. The normalized spacial score (nSPS) is 34.5. The summed E-state index contributed by atoms with van der Waals surface area (Å²) in [7, 11) is 0. The zero-order chi connectivity index (χ0) is 58.8. The summed E-state index contributed by atoms with van der Waals surface area (Å²) in [5.74, 6) is -5.76.